The summed E-state index contributed by atoms with van der Waals surface area (Å²) in [5.74, 6) is 0.869. The topological polar surface area (TPSA) is 32.5 Å². The number of nitrogens with two attached hydrogens (primary N) is 1. The normalized spacial score (nSPS) is 33.4. The Bertz CT molecular complexity index is 209. The molecule has 2 rings (SSSR count). The fourth-order valence-corrected chi connectivity index (χ4v) is 3.05. The van der Waals surface area contributed by atoms with Gasteiger partial charge in [-0.15, -0.1) is 0 Å². The van der Waals surface area contributed by atoms with Gasteiger partial charge in [-0.25, -0.2) is 0 Å². The van der Waals surface area contributed by atoms with Crippen LogP contribution in [0, 0.1) is 5.92 Å². The molecule has 0 spiro atoms. The van der Waals surface area contributed by atoms with Gasteiger partial charge in [0.2, 0.25) is 0 Å². The van der Waals surface area contributed by atoms with Crippen molar-refractivity contribution >= 4 is 0 Å². The minimum Gasteiger partial charge on any atom is -0.329 e. The van der Waals surface area contributed by atoms with Gasteiger partial charge in [0.1, 0.15) is 0 Å². The third kappa shape index (κ3) is 2.19. The van der Waals surface area contributed by atoms with Crippen LogP contribution in [0.15, 0.2) is 0 Å². The van der Waals surface area contributed by atoms with Gasteiger partial charge >= 0.3 is 0 Å². The molecule has 0 radical (unpaired) electrons. The molecule has 2 saturated heterocycles. The van der Waals surface area contributed by atoms with Crippen LogP contribution in [0.4, 0.5) is 0 Å². The van der Waals surface area contributed by atoms with Gasteiger partial charge < -0.3 is 10.6 Å². The van der Waals surface area contributed by atoms with E-state index in [-0.39, 0.29) is 0 Å². The summed E-state index contributed by atoms with van der Waals surface area (Å²) in [6.45, 7) is 8.15. The van der Waals surface area contributed by atoms with Crippen LogP contribution in [0.2, 0.25) is 0 Å². The Balaban J connectivity index is 2.02. The highest BCUT2D eigenvalue weighted by molar-refractivity contribution is 4.98. The Kier molecular flexibility index (Phi) is 3.33. The van der Waals surface area contributed by atoms with Crippen LogP contribution in [0.25, 0.3) is 0 Å². The molecule has 1 atom stereocenters. The van der Waals surface area contributed by atoms with Crippen molar-refractivity contribution < 1.29 is 0 Å². The van der Waals surface area contributed by atoms with Crippen LogP contribution < -0.4 is 5.73 Å². The summed E-state index contributed by atoms with van der Waals surface area (Å²) in [6, 6.07) is 0. The van der Waals surface area contributed by atoms with Gasteiger partial charge in [-0.05, 0) is 51.9 Å². The first-order chi connectivity index (χ1) is 7.16. The molecule has 0 saturated carbocycles. The second-order valence-corrected chi connectivity index (χ2v) is 5.57. The Labute approximate surface area is 93.6 Å². The Hall–Kier alpha value is -0.120. The molecule has 0 aromatic heterocycles. The standard InChI is InChI=1S/C12H25N3/c1-11-3-6-15(9-11)12(10-13)4-7-14(2)8-5-12/h11H,3-10,13H2,1-2H3. The van der Waals surface area contributed by atoms with E-state index in [2.05, 4.69) is 23.8 Å². The van der Waals surface area contributed by atoms with E-state index >= 15 is 0 Å². The molecule has 3 heteroatoms. The molecule has 2 aliphatic heterocycles. The summed E-state index contributed by atoms with van der Waals surface area (Å²) in [5, 5.41) is 0. The highest BCUT2D eigenvalue weighted by Crippen LogP contribution is 2.32. The lowest BCUT2D eigenvalue weighted by atomic mass is 9.86. The molecule has 0 aromatic rings. The number of nitrogens with zero attached hydrogens (tertiary/aromatic N) is 2. The summed E-state index contributed by atoms with van der Waals surface area (Å²) < 4.78 is 0. The molecule has 0 amide bonds. The predicted molar refractivity (Wildman–Crippen MR) is 63.9 cm³/mol. The van der Waals surface area contributed by atoms with E-state index in [4.69, 9.17) is 5.73 Å². The Morgan fingerprint density at radius 1 is 1.27 bits per heavy atom. The van der Waals surface area contributed by atoms with E-state index in [1.54, 1.807) is 0 Å². The number of likely N-dealkylation sites (tertiary alicyclic amines) is 2. The first-order valence-electron chi connectivity index (χ1n) is 6.30. The molecule has 0 aliphatic carbocycles. The average Bonchev–Trinajstić information content (AvgIpc) is 2.67. The average molecular weight is 211 g/mol. The summed E-state index contributed by atoms with van der Waals surface area (Å²) in [4.78, 5) is 5.10. The fraction of sp³-hybridized carbons (Fsp3) is 1.00. The van der Waals surface area contributed by atoms with Crippen molar-refractivity contribution in [3.63, 3.8) is 0 Å². The third-order valence-corrected chi connectivity index (χ3v) is 4.39. The molecular weight excluding hydrogens is 186 g/mol. The van der Waals surface area contributed by atoms with Crippen molar-refractivity contribution in [3.05, 3.63) is 0 Å². The minimum absolute atomic E-state index is 0.331. The largest absolute Gasteiger partial charge is 0.329 e. The number of piperidine rings is 1. The van der Waals surface area contributed by atoms with Gasteiger partial charge in [-0.1, -0.05) is 6.92 Å². The molecule has 0 aromatic carbocycles. The van der Waals surface area contributed by atoms with E-state index in [9.17, 15) is 0 Å². The van der Waals surface area contributed by atoms with Gasteiger partial charge in [-0.3, -0.25) is 4.90 Å². The molecule has 2 fully saturated rings. The van der Waals surface area contributed by atoms with Crippen molar-refractivity contribution in [3.8, 4) is 0 Å². The third-order valence-electron chi connectivity index (χ3n) is 4.39. The lowest BCUT2D eigenvalue weighted by molar-refractivity contribution is 0.0500. The maximum Gasteiger partial charge on any atom is 0.0356 e. The summed E-state index contributed by atoms with van der Waals surface area (Å²) in [5.41, 5.74) is 6.38. The maximum absolute atomic E-state index is 6.05. The summed E-state index contributed by atoms with van der Waals surface area (Å²) in [6.07, 6.45) is 3.87. The van der Waals surface area contributed by atoms with Gasteiger partial charge in [0.05, 0.1) is 0 Å². The second-order valence-electron chi connectivity index (χ2n) is 5.57. The van der Waals surface area contributed by atoms with E-state index in [1.807, 2.05) is 0 Å². The summed E-state index contributed by atoms with van der Waals surface area (Å²) >= 11 is 0. The molecule has 1 unspecified atom stereocenters. The SMILES string of the molecule is CC1CCN(C2(CN)CCN(C)CC2)C1. The highest BCUT2D eigenvalue weighted by Gasteiger charge is 2.40. The highest BCUT2D eigenvalue weighted by atomic mass is 15.3. The minimum atomic E-state index is 0.331. The molecule has 2 N–H and O–H groups in total. The van der Waals surface area contributed by atoms with E-state index in [0.29, 0.717) is 5.54 Å². The monoisotopic (exact) mass is 211 g/mol. The number of rotatable bonds is 2. The van der Waals surface area contributed by atoms with Crippen molar-refractivity contribution in [2.75, 3.05) is 39.8 Å². The molecule has 15 heavy (non-hydrogen) atoms. The zero-order valence-corrected chi connectivity index (χ0v) is 10.2. The van der Waals surface area contributed by atoms with Gasteiger partial charge in [-0.2, -0.15) is 0 Å². The Morgan fingerprint density at radius 3 is 2.40 bits per heavy atom. The first-order valence-corrected chi connectivity index (χ1v) is 6.30. The van der Waals surface area contributed by atoms with Gasteiger partial charge in [0.15, 0.2) is 0 Å². The fourth-order valence-electron chi connectivity index (χ4n) is 3.05. The van der Waals surface area contributed by atoms with E-state index in [1.165, 1.54) is 45.4 Å². The van der Waals surface area contributed by atoms with Gasteiger partial charge in [0.25, 0.3) is 0 Å². The zero-order valence-electron chi connectivity index (χ0n) is 10.2. The van der Waals surface area contributed by atoms with Gasteiger partial charge in [0, 0.05) is 18.6 Å². The Morgan fingerprint density at radius 2 is 1.93 bits per heavy atom. The number of hydrogen-bond acceptors (Lipinski definition) is 3. The molecule has 2 heterocycles. The lowest BCUT2D eigenvalue weighted by Crippen LogP contribution is -2.58. The van der Waals surface area contributed by atoms with Crippen molar-refractivity contribution in [2.45, 2.75) is 31.7 Å². The second kappa shape index (κ2) is 4.40. The van der Waals surface area contributed by atoms with Crippen LogP contribution in [-0.2, 0) is 0 Å². The lowest BCUT2D eigenvalue weighted by Gasteiger charge is -2.46. The zero-order chi connectivity index (χ0) is 10.9. The maximum atomic E-state index is 6.05. The quantitative estimate of drug-likeness (QED) is 0.731. The molecule has 3 nitrogen and oxygen atoms in total. The molecule has 2 aliphatic rings. The van der Waals surface area contributed by atoms with Crippen LogP contribution in [0.5, 0.6) is 0 Å². The molecule has 88 valence electrons. The predicted octanol–water partition coefficient (Wildman–Crippen LogP) is 0.751. The molecular formula is C12H25N3. The van der Waals surface area contributed by atoms with Crippen molar-refractivity contribution in [1.29, 1.82) is 0 Å². The first kappa shape index (κ1) is 11.4. The smallest absolute Gasteiger partial charge is 0.0356 e. The van der Waals surface area contributed by atoms with Crippen LogP contribution >= 0.6 is 0 Å². The summed E-state index contributed by atoms with van der Waals surface area (Å²) in [7, 11) is 2.22. The van der Waals surface area contributed by atoms with Crippen molar-refractivity contribution in [1.82, 2.24) is 9.80 Å². The molecule has 0 bridgehead atoms. The number of hydrogen-bond donors (Lipinski definition) is 1. The van der Waals surface area contributed by atoms with Crippen LogP contribution in [0.3, 0.4) is 0 Å². The van der Waals surface area contributed by atoms with Crippen LogP contribution in [0.1, 0.15) is 26.2 Å². The van der Waals surface area contributed by atoms with Crippen LogP contribution in [-0.4, -0.2) is 55.1 Å². The van der Waals surface area contributed by atoms with Crippen molar-refractivity contribution in [2.24, 2.45) is 11.7 Å². The van der Waals surface area contributed by atoms with E-state index < -0.39 is 0 Å². The van der Waals surface area contributed by atoms with E-state index in [0.717, 1.165) is 12.5 Å².